The van der Waals surface area contributed by atoms with E-state index in [-0.39, 0.29) is 17.1 Å². The molecule has 0 atom stereocenters. The monoisotopic (exact) mass is 416 g/mol. The topological polar surface area (TPSA) is 56.7 Å². The van der Waals surface area contributed by atoms with Gasteiger partial charge in [-0.2, -0.15) is 0 Å². The predicted octanol–water partition coefficient (Wildman–Crippen LogP) is 3.84. The van der Waals surface area contributed by atoms with E-state index in [4.69, 9.17) is 4.99 Å². The van der Waals surface area contributed by atoms with Crippen LogP contribution >= 0.6 is 0 Å². The van der Waals surface area contributed by atoms with Crippen LogP contribution in [0, 0.1) is 11.7 Å². The number of carbonyl (C=O) groups is 1. The van der Waals surface area contributed by atoms with E-state index in [1.165, 1.54) is 24.8 Å². The van der Waals surface area contributed by atoms with E-state index >= 15 is 0 Å². The summed E-state index contributed by atoms with van der Waals surface area (Å²) >= 11 is 0. The van der Waals surface area contributed by atoms with E-state index in [2.05, 4.69) is 22.5 Å². The average molecular weight is 417 g/mol. The molecule has 1 amide bonds. The molecule has 1 saturated heterocycles. The lowest BCUT2D eigenvalue weighted by molar-refractivity contribution is -0.121. The van der Waals surface area contributed by atoms with E-state index < -0.39 is 0 Å². The maximum absolute atomic E-state index is 13.5. The highest BCUT2D eigenvalue weighted by molar-refractivity contribution is 5.80. The van der Waals surface area contributed by atoms with E-state index in [9.17, 15) is 9.18 Å². The Morgan fingerprint density at radius 2 is 1.83 bits per heavy atom. The molecule has 1 saturated carbocycles. The third-order valence-electron chi connectivity index (χ3n) is 6.80. The molecule has 0 unspecified atom stereocenters. The molecule has 0 radical (unpaired) electrons. The molecular formula is C24H37FN4O. The van der Waals surface area contributed by atoms with Gasteiger partial charge < -0.3 is 15.5 Å². The van der Waals surface area contributed by atoms with Gasteiger partial charge in [0, 0.05) is 38.5 Å². The van der Waals surface area contributed by atoms with Gasteiger partial charge in [-0.15, -0.1) is 0 Å². The van der Waals surface area contributed by atoms with Gasteiger partial charge >= 0.3 is 0 Å². The Bertz CT molecular complexity index is 704. The van der Waals surface area contributed by atoms with Gasteiger partial charge in [0.2, 0.25) is 5.91 Å². The van der Waals surface area contributed by atoms with Crippen molar-refractivity contribution < 1.29 is 9.18 Å². The molecule has 2 fully saturated rings. The van der Waals surface area contributed by atoms with E-state index in [0.29, 0.717) is 12.3 Å². The molecule has 0 spiro atoms. The predicted molar refractivity (Wildman–Crippen MR) is 120 cm³/mol. The molecule has 3 rings (SSSR count). The lowest BCUT2D eigenvalue weighted by atomic mass is 9.69. The Kier molecular flexibility index (Phi) is 8.11. The summed E-state index contributed by atoms with van der Waals surface area (Å²) in [6.07, 6.45) is 8.54. The highest BCUT2D eigenvalue weighted by Crippen LogP contribution is 2.40. The first-order chi connectivity index (χ1) is 14.6. The van der Waals surface area contributed by atoms with E-state index in [1.54, 1.807) is 19.2 Å². The molecule has 1 aliphatic heterocycles. The first-order valence-electron chi connectivity index (χ1n) is 11.6. The average Bonchev–Trinajstić information content (AvgIpc) is 2.78. The molecule has 0 bridgehead atoms. The summed E-state index contributed by atoms with van der Waals surface area (Å²) in [6.45, 7) is 5.53. The number of aliphatic imine (C=N–C) groups is 1. The van der Waals surface area contributed by atoms with Crippen LogP contribution in [0.3, 0.4) is 0 Å². The van der Waals surface area contributed by atoms with Gasteiger partial charge in [0.1, 0.15) is 5.82 Å². The van der Waals surface area contributed by atoms with Crippen molar-refractivity contribution in [2.45, 2.75) is 63.7 Å². The molecule has 5 nitrogen and oxygen atoms in total. The SMILES string of the molecule is CCNC(=NCC1(c2ccc(F)cc2)CCCCC1)N1CCC(CC(=O)NC)CC1. The first kappa shape index (κ1) is 22.6. The number of hydrogen-bond acceptors (Lipinski definition) is 2. The Hall–Kier alpha value is -2.11. The molecule has 1 aromatic carbocycles. The van der Waals surface area contributed by atoms with E-state index in [1.807, 2.05) is 12.1 Å². The molecule has 6 heteroatoms. The number of halogens is 1. The third-order valence-corrected chi connectivity index (χ3v) is 6.80. The smallest absolute Gasteiger partial charge is 0.220 e. The van der Waals surface area contributed by atoms with E-state index in [0.717, 1.165) is 57.8 Å². The van der Waals surface area contributed by atoms with Crippen LogP contribution in [0.25, 0.3) is 0 Å². The van der Waals surface area contributed by atoms with Gasteiger partial charge in [-0.05, 0) is 56.2 Å². The van der Waals surface area contributed by atoms with Crippen LogP contribution in [-0.4, -0.2) is 50.0 Å². The summed E-state index contributed by atoms with van der Waals surface area (Å²) in [4.78, 5) is 19.1. The number of nitrogens with zero attached hydrogens (tertiary/aromatic N) is 2. The zero-order valence-corrected chi connectivity index (χ0v) is 18.6. The van der Waals surface area contributed by atoms with Crippen LogP contribution in [0.15, 0.2) is 29.3 Å². The first-order valence-corrected chi connectivity index (χ1v) is 11.6. The fourth-order valence-corrected chi connectivity index (χ4v) is 4.94. The van der Waals surface area contributed by atoms with Crippen molar-refractivity contribution in [1.29, 1.82) is 0 Å². The molecule has 30 heavy (non-hydrogen) atoms. The number of amides is 1. The van der Waals surface area contributed by atoms with Crippen molar-refractivity contribution in [3.05, 3.63) is 35.6 Å². The molecule has 1 aromatic rings. The van der Waals surface area contributed by atoms with Gasteiger partial charge in [0.05, 0.1) is 6.54 Å². The Morgan fingerprint density at radius 1 is 1.17 bits per heavy atom. The van der Waals surface area contributed by atoms with Gasteiger partial charge in [-0.25, -0.2) is 4.39 Å². The lowest BCUT2D eigenvalue weighted by Crippen LogP contribution is -2.47. The number of hydrogen-bond donors (Lipinski definition) is 2. The number of guanidine groups is 1. The van der Waals surface area contributed by atoms with Crippen molar-refractivity contribution in [2.75, 3.05) is 33.2 Å². The number of nitrogens with one attached hydrogen (secondary N) is 2. The molecule has 2 aliphatic rings. The lowest BCUT2D eigenvalue weighted by Gasteiger charge is -2.38. The van der Waals surface area contributed by atoms with Crippen LogP contribution in [-0.2, 0) is 10.2 Å². The summed E-state index contributed by atoms with van der Waals surface area (Å²) in [7, 11) is 1.70. The standard InChI is InChI=1S/C24H37FN4O/c1-3-27-23(29-15-11-19(12-16-29)17-22(30)26-2)28-18-24(13-5-4-6-14-24)20-7-9-21(25)10-8-20/h7-10,19H,3-6,11-18H2,1-2H3,(H,26,30)(H,27,28). The minimum absolute atomic E-state index is 0.00413. The summed E-state index contributed by atoms with van der Waals surface area (Å²) < 4.78 is 13.5. The molecule has 2 N–H and O–H groups in total. The summed E-state index contributed by atoms with van der Waals surface area (Å²) in [5.41, 5.74) is 1.22. The molecule has 0 aromatic heterocycles. The van der Waals surface area contributed by atoms with Gasteiger partial charge in [-0.3, -0.25) is 9.79 Å². The molecular weight excluding hydrogens is 379 g/mol. The maximum Gasteiger partial charge on any atom is 0.220 e. The minimum atomic E-state index is -0.179. The van der Waals surface area contributed by atoms with Crippen LogP contribution < -0.4 is 10.6 Å². The normalized spacial score (nSPS) is 20.1. The third kappa shape index (κ3) is 5.73. The van der Waals surface area contributed by atoms with Crippen molar-refractivity contribution in [2.24, 2.45) is 10.9 Å². The highest BCUT2D eigenvalue weighted by atomic mass is 19.1. The summed E-state index contributed by atoms with van der Waals surface area (Å²) in [5, 5.41) is 6.21. The second kappa shape index (κ2) is 10.8. The second-order valence-electron chi connectivity index (χ2n) is 8.83. The molecule has 166 valence electrons. The highest BCUT2D eigenvalue weighted by Gasteiger charge is 2.34. The number of likely N-dealkylation sites (tertiary alicyclic amines) is 1. The number of benzene rings is 1. The van der Waals surface area contributed by atoms with Crippen LogP contribution in [0.4, 0.5) is 4.39 Å². The largest absolute Gasteiger partial charge is 0.359 e. The number of carbonyl (C=O) groups excluding carboxylic acids is 1. The second-order valence-corrected chi connectivity index (χ2v) is 8.83. The van der Waals surface area contributed by atoms with Gasteiger partial charge in [0.25, 0.3) is 0 Å². The number of piperidine rings is 1. The van der Waals surface area contributed by atoms with Crippen molar-refractivity contribution in [3.8, 4) is 0 Å². The molecule has 1 heterocycles. The van der Waals surface area contributed by atoms with Crippen molar-refractivity contribution in [3.63, 3.8) is 0 Å². The van der Waals surface area contributed by atoms with Gasteiger partial charge in [-0.1, -0.05) is 31.4 Å². The zero-order chi connectivity index (χ0) is 21.4. The Morgan fingerprint density at radius 3 is 2.43 bits per heavy atom. The summed E-state index contributed by atoms with van der Waals surface area (Å²) in [6, 6.07) is 7.07. The fourth-order valence-electron chi connectivity index (χ4n) is 4.94. The summed E-state index contributed by atoms with van der Waals surface area (Å²) in [5.74, 6) is 1.38. The maximum atomic E-state index is 13.5. The van der Waals surface area contributed by atoms with Crippen LogP contribution in [0.5, 0.6) is 0 Å². The van der Waals surface area contributed by atoms with Crippen LogP contribution in [0.2, 0.25) is 0 Å². The Balaban J connectivity index is 1.70. The van der Waals surface area contributed by atoms with Gasteiger partial charge in [0.15, 0.2) is 5.96 Å². The zero-order valence-electron chi connectivity index (χ0n) is 18.6. The fraction of sp³-hybridized carbons (Fsp3) is 0.667. The van der Waals surface area contributed by atoms with Crippen molar-refractivity contribution in [1.82, 2.24) is 15.5 Å². The number of rotatable bonds is 6. The quantitative estimate of drug-likeness (QED) is 0.547. The Labute approximate surface area is 180 Å². The van der Waals surface area contributed by atoms with Crippen molar-refractivity contribution >= 4 is 11.9 Å². The minimum Gasteiger partial charge on any atom is -0.359 e. The van der Waals surface area contributed by atoms with Crippen LogP contribution in [0.1, 0.15) is 63.9 Å². The molecule has 1 aliphatic carbocycles.